The van der Waals surface area contributed by atoms with Crippen molar-refractivity contribution in [3.63, 3.8) is 0 Å². The molecule has 3 rings (SSSR count). The molecule has 2 N–H and O–H groups in total. The number of piperazine rings is 1. The number of aryl methyl sites for hydroxylation is 1. The van der Waals surface area contributed by atoms with Crippen LogP contribution in [-0.4, -0.2) is 72.3 Å². The number of rotatable bonds is 4. The first-order valence-electron chi connectivity index (χ1n) is 7.89. The lowest BCUT2D eigenvalue weighted by Gasteiger charge is -2.34. The Balaban J connectivity index is 1.94. The minimum Gasteiger partial charge on any atom is -0.481 e. The average Bonchev–Trinajstić information content (AvgIpc) is 3.08. The molecule has 2 aromatic heterocycles. The van der Waals surface area contributed by atoms with Gasteiger partial charge in [0.1, 0.15) is 0 Å². The second kappa shape index (κ2) is 6.62. The van der Waals surface area contributed by atoms with Crippen molar-refractivity contribution in [2.75, 3.05) is 39.8 Å². The molecule has 10 heteroatoms. The molecule has 0 aromatic carbocycles. The molecule has 9 nitrogen and oxygen atoms in total. The molecule has 0 bridgehead atoms. The summed E-state index contributed by atoms with van der Waals surface area (Å²) in [6.07, 6.45) is 3.10. The predicted octanol–water partition coefficient (Wildman–Crippen LogP) is -0.451. The molecule has 25 heavy (non-hydrogen) atoms. The number of ether oxygens (including phenoxy) is 1. The Bertz CT molecular complexity index is 900. The fourth-order valence-corrected chi connectivity index (χ4v) is 4.60. The van der Waals surface area contributed by atoms with Gasteiger partial charge in [0.05, 0.1) is 24.6 Å². The molecule has 0 unspecified atom stereocenters. The summed E-state index contributed by atoms with van der Waals surface area (Å²) in [4.78, 5) is 17.4. The number of hydrogen-bond donors (Lipinski definition) is 1. The number of aromatic nitrogens is 2. The van der Waals surface area contributed by atoms with E-state index in [0.29, 0.717) is 29.9 Å². The van der Waals surface area contributed by atoms with Crippen LogP contribution in [0, 0.1) is 6.92 Å². The van der Waals surface area contributed by atoms with Gasteiger partial charge in [-0.05, 0) is 18.6 Å². The van der Waals surface area contributed by atoms with Crippen molar-refractivity contribution in [3.8, 4) is 5.88 Å². The smallest absolute Gasteiger partial charge is 0.308 e. The summed E-state index contributed by atoms with van der Waals surface area (Å²) >= 11 is 0. The summed E-state index contributed by atoms with van der Waals surface area (Å²) in [6, 6.07) is 1.68. The average molecular weight is 367 g/mol. The van der Waals surface area contributed by atoms with Crippen LogP contribution >= 0.6 is 0 Å². The summed E-state index contributed by atoms with van der Waals surface area (Å²) < 4.78 is 34.0. The van der Waals surface area contributed by atoms with E-state index in [9.17, 15) is 13.2 Å². The lowest BCUT2D eigenvalue weighted by Crippen LogP contribution is -2.52. The van der Waals surface area contributed by atoms with Crippen LogP contribution in [0.2, 0.25) is 0 Å². The Labute approximate surface area is 146 Å². The van der Waals surface area contributed by atoms with Gasteiger partial charge in [-0.2, -0.15) is 12.7 Å². The highest BCUT2D eigenvalue weighted by atomic mass is 32.2. The van der Waals surface area contributed by atoms with Gasteiger partial charge in [-0.1, -0.05) is 0 Å². The minimum absolute atomic E-state index is 0.0685. The van der Waals surface area contributed by atoms with Gasteiger partial charge in [0.15, 0.2) is 0 Å². The minimum atomic E-state index is -3.75. The first-order chi connectivity index (χ1) is 11.9. The van der Waals surface area contributed by atoms with Crippen LogP contribution in [0.4, 0.5) is 0 Å². The van der Waals surface area contributed by atoms with Crippen molar-refractivity contribution in [2.24, 2.45) is 5.73 Å². The number of pyridine rings is 1. The topological polar surface area (TPSA) is 111 Å². The van der Waals surface area contributed by atoms with E-state index in [4.69, 9.17) is 10.5 Å². The highest BCUT2D eigenvalue weighted by Gasteiger charge is 2.31. The molecule has 0 spiro atoms. The summed E-state index contributed by atoms with van der Waals surface area (Å²) in [6.45, 7) is 2.86. The Kier molecular flexibility index (Phi) is 4.67. The van der Waals surface area contributed by atoms with Gasteiger partial charge in [0.2, 0.25) is 11.8 Å². The fraction of sp³-hybridized carbons (Fsp3) is 0.467. The van der Waals surface area contributed by atoms with Gasteiger partial charge in [-0.15, -0.1) is 0 Å². The molecule has 1 saturated heterocycles. The molecule has 3 heterocycles. The zero-order valence-corrected chi connectivity index (χ0v) is 15.0. The van der Waals surface area contributed by atoms with Gasteiger partial charge in [0, 0.05) is 38.6 Å². The molecule has 1 aliphatic heterocycles. The van der Waals surface area contributed by atoms with E-state index in [1.54, 1.807) is 24.1 Å². The standard InChI is InChI=1S/C15H21N5O4S/c1-11-10-17-15(24-2)12-3-4-20(14(11)12)25(22,23)19-7-5-18(6-8-19)13(21)9-16/h3-4,10H,5-9,16H2,1-2H3. The normalized spacial score (nSPS) is 16.4. The fourth-order valence-electron chi connectivity index (χ4n) is 3.04. The zero-order valence-electron chi connectivity index (χ0n) is 14.2. The van der Waals surface area contributed by atoms with Gasteiger partial charge in [-0.3, -0.25) is 4.79 Å². The second-order valence-electron chi connectivity index (χ2n) is 5.82. The maximum Gasteiger partial charge on any atom is 0.308 e. The molecular weight excluding hydrogens is 346 g/mol. The largest absolute Gasteiger partial charge is 0.481 e. The van der Waals surface area contributed by atoms with Crippen molar-refractivity contribution >= 4 is 27.0 Å². The van der Waals surface area contributed by atoms with E-state index in [-0.39, 0.29) is 25.5 Å². The molecule has 1 fully saturated rings. The van der Waals surface area contributed by atoms with Crippen molar-refractivity contribution in [1.29, 1.82) is 0 Å². The molecular formula is C15H21N5O4S. The third-order valence-corrected chi connectivity index (χ3v) is 6.18. The molecule has 1 amide bonds. The number of nitrogens with two attached hydrogens (primary N) is 1. The van der Waals surface area contributed by atoms with Crippen LogP contribution in [-0.2, 0) is 15.0 Å². The van der Waals surface area contributed by atoms with E-state index in [2.05, 4.69) is 4.98 Å². The number of hydrogen-bond acceptors (Lipinski definition) is 6. The molecule has 2 aromatic rings. The van der Waals surface area contributed by atoms with Gasteiger partial charge in [0.25, 0.3) is 0 Å². The molecule has 1 aliphatic rings. The van der Waals surface area contributed by atoms with Crippen LogP contribution in [0.1, 0.15) is 5.56 Å². The quantitative estimate of drug-likeness (QED) is 0.784. The highest BCUT2D eigenvalue weighted by Crippen LogP contribution is 2.29. The Morgan fingerprint density at radius 1 is 1.32 bits per heavy atom. The highest BCUT2D eigenvalue weighted by molar-refractivity contribution is 7.87. The van der Waals surface area contributed by atoms with Crippen molar-refractivity contribution in [2.45, 2.75) is 6.92 Å². The lowest BCUT2D eigenvalue weighted by molar-refractivity contribution is -0.130. The van der Waals surface area contributed by atoms with Crippen LogP contribution in [0.25, 0.3) is 10.9 Å². The number of fused-ring (bicyclic) bond motifs is 1. The number of carbonyl (C=O) groups excluding carboxylic acids is 1. The molecule has 0 aliphatic carbocycles. The summed E-state index contributed by atoms with van der Waals surface area (Å²) in [5.41, 5.74) is 6.65. The zero-order chi connectivity index (χ0) is 18.2. The molecule has 136 valence electrons. The summed E-state index contributed by atoms with van der Waals surface area (Å²) in [7, 11) is -2.25. The number of carbonyl (C=O) groups is 1. The van der Waals surface area contributed by atoms with Gasteiger partial charge < -0.3 is 15.4 Å². The van der Waals surface area contributed by atoms with Crippen molar-refractivity contribution < 1.29 is 17.9 Å². The van der Waals surface area contributed by atoms with E-state index < -0.39 is 10.2 Å². The van der Waals surface area contributed by atoms with Crippen LogP contribution in [0.5, 0.6) is 5.88 Å². The SMILES string of the molecule is COc1ncc(C)c2c1ccn2S(=O)(=O)N1CCN(C(=O)CN)CC1. The third-order valence-electron chi connectivity index (χ3n) is 4.37. The summed E-state index contributed by atoms with van der Waals surface area (Å²) in [5, 5.41) is 0.642. The Hall–Kier alpha value is -2.17. The van der Waals surface area contributed by atoms with Crippen LogP contribution in [0.3, 0.4) is 0 Å². The maximum atomic E-state index is 13.1. The second-order valence-corrected chi connectivity index (χ2v) is 7.62. The first-order valence-corrected chi connectivity index (χ1v) is 9.29. The molecule has 0 radical (unpaired) electrons. The Morgan fingerprint density at radius 2 is 2.00 bits per heavy atom. The van der Waals surface area contributed by atoms with Gasteiger partial charge >= 0.3 is 10.2 Å². The first kappa shape index (κ1) is 17.6. The van der Waals surface area contributed by atoms with E-state index in [1.807, 2.05) is 0 Å². The maximum absolute atomic E-state index is 13.1. The third kappa shape index (κ3) is 2.96. The monoisotopic (exact) mass is 367 g/mol. The summed E-state index contributed by atoms with van der Waals surface area (Å²) in [5.74, 6) is 0.211. The number of methoxy groups -OCH3 is 1. The van der Waals surface area contributed by atoms with Gasteiger partial charge in [-0.25, -0.2) is 8.96 Å². The Morgan fingerprint density at radius 3 is 2.60 bits per heavy atom. The van der Waals surface area contributed by atoms with Crippen molar-refractivity contribution in [3.05, 3.63) is 24.0 Å². The molecule has 0 atom stereocenters. The van der Waals surface area contributed by atoms with E-state index >= 15 is 0 Å². The van der Waals surface area contributed by atoms with Crippen molar-refractivity contribution in [1.82, 2.24) is 18.2 Å². The number of amides is 1. The van der Waals surface area contributed by atoms with E-state index in [0.717, 1.165) is 5.56 Å². The predicted molar refractivity (Wildman–Crippen MR) is 92.5 cm³/mol. The van der Waals surface area contributed by atoms with Crippen LogP contribution in [0.15, 0.2) is 18.5 Å². The van der Waals surface area contributed by atoms with E-state index in [1.165, 1.54) is 21.6 Å². The lowest BCUT2D eigenvalue weighted by atomic mass is 10.2. The van der Waals surface area contributed by atoms with Crippen LogP contribution < -0.4 is 10.5 Å². The number of nitrogens with zero attached hydrogens (tertiary/aromatic N) is 4. The molecule has 0 saturated carbocycles.